The summed E-state index contributed by atoms with van der Waals surface area (Å²) in [6.45, 7) is 2.02. The van der Waals surface area contributed by atoms with Gasteiger partial charge in [0.05, 0.1) is 6.54 Å². The lowest BCUT2D eigenvalue weighted by Gasteiger charge is -2.08. The van der Waals surface area contributed by atoms with Gasteiger partial charge >= 0.3 is 0 Å². The van der Waals surface area contributed by atoms with Gasteiger partial charge in [0.2, 0.25) is 5.91 Å². The third kappa shape index (κ3) is 2.82. The Balaban J connectivity index is 1.88. The van der Waals surface area contributed by atoms with Crippen molar-refractivity contribution in [1.29, 1.82) is 0 Å². The van der Waals surface area contributed by atoms with Crippen LogP contribution in [0.1, 0.15) is 18.4 Å². The van der Waals surface area contributed by atoms with Crippen LogP contribution in [0, 0.1) is 6.92 Å². The maximum Gasteiger partial charge on any atom is 0.239 e. The minimum atomic E-state index is -0.0170. The van der Waals surface area contributed by atoms with Gasteiger partial charge in [-0.2, -0.15) is 0 Å². The van der Waals surface area contributed by atoms with Crippen molar-refractivity contribution in [3.63, 3.8) is 0 Å². The van der Waals surface area contributed by atoms with Gasteiger partial charge in [-0.05, 0) is 19.8 Å². The second-order valence-corrected chi connectivity index (χ2v) is 4.19. The molecule has 0 saturated heterocycles. The van der Waals surface area contributed by atoms with Crippen LogP contribution in [0.15, 0.2) is 6.33 Å². The van der Waals surface area contributed by atoms with Gasteiger partial charge in [0.15, 0.2) is 0 Å². The summed E-state index contributed by atoms with van der Waals surface area (Å²) >= 11 is 5.83. The number of nitrogens with one attached hydrogen (secondary N) is 2. The molecule has 0 spiro atoms. The quantitative estimate of drug-likeness (QED) is 0.775. The number of nitrogens with zero attached hydrogens (tertiary/aromatic N) is 2. The van der Waals surface area contributed by atoms with Gasteiger partial charge in [-0.15, -0.1) is 0 Å². The van der Waals surface area contributed by atoms with Gasteiger partial charge in [-0.3, -0.25) is 4.79 Å². The van der Waals surface area contributed by atoms with Crippen molar-refractivity contribution < 1.29 is 4.79 Å². The van der Waals surface area contributed by atoms with Gasteiger partial charge in [0.25, 0.3) is 0 Å². The smallest absolute Gasteiger partial charge is 0.239 e. The first-order valence-corrected chi connectivity index (χ1v) is 5.55. The molecule has 0 aliphatic heterocycles. The van der Waals surface area contributed by atoms with Crippen molar-refractivity contribution in [3.05, 3.63) is 17.0 Å². The molecule has 1 aromatic rings. The van der Waals surface area contributed by atoms with Crippen LogP contribution in [-0.4, -0.2) is 28.5 Å². The molecule has 0 bridgehead atoms. The summed E-state index contributed by atoms with van der Waals surface area (Å²) in [5.74, 6) is 0.586. The second kappa shape index (κ2) is 4.65. The molecule has 1 heterocycles. The summed E-state index contributed by atoms with van der Waals surface area (Å²) in [5, 5.41) is 6.22. The zero-order valence-corrected chi connectivity index (χ0v) is 9.71. The summed E-state index contributed by atoms with van der Waals surface area (Å²) < 4.78 is 0. The van der Waals surface area contributed by atoms with Crippen LogP contribution in [0.25, 0.3) is 0 Å². The maximum absolute atomic E-state index is 11.4. The van der Waals surface area contributed by atoms with Crippen molar-refractivity contribution in [1.82, 2.24) is 15.3 Å². The second-order valence-electron chi connectivity index (χ2n) is 3.83. The first kappa shape index (κ1) is 11.1. The number of aromatic nitrogens is 2. The fourth-order valence-corrected chi connectivity index (χ4v) is 1.41. The Morgan fingerprint density at radius 1 is 1.56 bits per heavy atom. The lowest BCUT2D eigenvalue weighted by molar-refractivity contribution is -0.119. The number of halogens is 1. The number of carbonyl (C=O) groups is 1. The topological polar surface area (TPSA) is 66.9 Å². The summed E-state index contributed by atoms with van der Waals surface area (Å²) in [5.41, 5.74) is 0.753. The molecule has 1 amide bonds. The van der Waals surface area contributed by atoms with Crippen molar-refractivity contribution in [2.75, 3.05) is 11.9 Å². The minimum Gasteiger partial charge on any atom is -0.361 e. The normalized spacial score (nSPS) is 14.6. The van der Waals surface area contributed by atoms with E-state index in [4.69, 9.17) is 11.6 Å². The fourth-order valence-electron chi connectivity index (χ4n) is 1.28. The van der Waals surface area contributed by atoms with Gasteiger partial charge < -0.3 is 10.6 Å². The minimum absolute atomic E-state index is 0.0170. The Hall–Kier alpha value is -1.36. The summed E-state index contributed by atoms with van der Waals surface area (Å²) in [6.07, 6.45) is 3.55. The molecule has 1 aliphatic carbocycles. The van der Waals surface area contributed by atoms with E-state index in [9.17, 15) is 4.79 Å². The molecule has 2 N–H and O–H groups in total. The first-order chi connectivity index (χ1) is 7.66. The van der Waals surface area contributed by atoms with Crippen LogP contribution in [-0.2, 0) is 4.79 Å². The Morgan fingerprint density at radius 2 is 2.31 bits per heavy atom. The standard InChI is InChI=1S/C10H13ClN4O/c1-6-9(11)13-5-14-10(6)12-4-8(16)15-7-2-3-7/h5,7H,2-4H2,1H3,(H,15,16)(H,12,13,14). The largest absolute Gasteiger partial charge is 0.361 e. The predicted octanol–water partition coefficient (Wildman–Crippen LogP) is 1.13. The zero-order valence-electron chi connectivity index (χ0n) is 8.96. The van der Waals surface area contributed by atoms with E-state index in [1.54, 1.807) is 0 Å². The molecule has 1 saturated carbocycles. The molecule has 16 heavy (non-hydrogen) atoms. The average molecular weight is 241 g/mol. The highest BCUT2D eigenvalue weighted by Gasteiger charge is 2.22. The van der Waals surface area contributed by atoms with E-state index >= 15 is 0 Å². The van der Waals surface area contributed by atoms with Crippen LogP contribution in [0.4, 0.5) is 5.82 Å². The SMILES string of the molecule is Cc1c(Cl)ncnc1NCC(=O)NC1CC1. The predicted molar refractivity (Wildman–Crippen MR) is 61.4 cm³/mol. The molecular formula is C10H13ClN4O. The van der Waals surface area contributed by atoms with E-state index in [1.807, 2.05) is 6.92 Å². The Labute approximate surface area is 98.6 Å². The third-order valence-corrected chi connectivity index (χ3v) is 2.76. The molecule has 86 valence electrons. The van der Waals surface area contributed by atoms with Crippen molar-refractivity contribution in [3.8, 4) is 0 Å². The molecule has 6 heteroatoms. The number of carbonyl (C=O) groups excluding carboxylic acids is 1. The molecule has 0 aromatic carbocycles. The van der Waals surface area contributed by atoms with Crippen LogP contribution in [0.3, 0.4) is 0 Å². The summed E-state index contributed by atoms with van der Waals surface area (Å²) in [4.78, 5) is 19.3. The summed E-state index contributed by atoms with van der Waals surface area (Å²) in [6, 6.07) is 0.379. The molecule has 1 aliphatic rings. The molecule has 1 fully saturated rings. The van der Waals surface area contributed by atoms with E-state index in [2.05, 4.69) is 20.6 Å². The van der Waals surface area contributed by atoms with Crippen LogP contribution in [0.2, 0.25) is 5.15 Å². The number of amides is 1. The van der Waals surface area contributed by atoms with E-state index in [0.717, 1.165) is 18.4 Å². The fraction of sp³-hybridized carbons (Fsp3) is 0.500. The maximum atomic E-state index is 11.4. The van der Waals surface area contributed by atoms with Crippen molar-refractivity contribution in [2.24, 2.45) is 0 Å². The van der Waals surface area contributed by atoms with Crippen LogP contribution in [0.5, 0.6) is 0 Å². The molecule has 0 unspecified atom stereocenters. The molecular weight excluding hydrogens is 228 g/mol. The number of anilines is 1. The van der Waals surface area contributed by atoms with E-state index < -0.39 is 0 Å². The lowest BCUT2D eigenvalue weighted by Crippen LogP contribution is -2.31. The highest BCUT2D eigenvalue weighted by molar-refractivity contribution is 6.30. The number of rotatable bonds is 4. The van der Waals surface area contributed by atoms with Gasteiger partial charge in [0, 0.05) is 11.6 Å². The molecule has 2 rings (SSSR count). The van der Waals surface area contributed by atoms with Crippen LogP contribution < -0.4 is 10.6 Å². The monoisotopic (exact) mass is 240 g/mol. The van der Waals surface area contributed by atoms with Gasteiger partial charge in [-0.25, -0.2) is 9.97 Å². The Kier molecular flexibility index (Phi) is 3.24. The molecule has 5 nitrogen and oxygen atoms in total. The first-order valence-electron chi connectivity index (χ1n) is 5.17. The van der Waals surface area contributed by atoms with E-state index in [-0.39, 0.29) is 12.5 Å². The molecule has 0 atom stereocenters. The van der Waals surface area contributed by atoms with Gasteiger partial charge in [0.1, 0.15) is 17.3 Å². The van der Waals surface area contributed by atoms with Crippen molar-refractivity contribution in [2.45, 2.75) is 25.8 Å². The Morgan fingerprint density at radius 3 is 3.00 bits per heavy atom. The zero-order chi connectivity index (χ0) is 11.5. The molecule has 0 radical (unpaired) electrons. The van der Waals surface area contributed by atoms with E-state index in [0.29, 0.717) is 17.0 Å². The lowest BCUT2D eigenvalue weighted by atomic mass is 10.3. The van der Waals surface area contributed by atoms with Crippen LogP contribution >= 0.6 is 11.6 Å². The highest BCUT2D eigenvalue weighted by Crippen LogP contribution is 2.19. The molecule has 1 aromatic heterocycles. The van der Waals surface area contributed by atoms with E-state index in [1.165, 1.54) is 6.33 Å². The van der Waals surface area contributed by atoms with Crippen molar-refractivity contribution >= 4 is 23.3 Å². The number of hydrogen-bond donors (Lipinski definition) is 2. The van der Waals surface area contributed by atoms with Gasteiger partial charge in [-0.1, -0.05) is 11.6 Å². The Bertz CT molecular complexity index is 406. The third-order valence-electron chi connectivity index (χ3n) is 2.38. The average Bonchev–Trinajstić information content (AvgIpc) is 3.04. The number of hydrogen-bond acceptors (Lipinski definition) is 4. The highest BCUT2D eigenvalue weighted by atomic mass is 35.5. The summed E-state index contributed by atoms with van der Waals surface area (Å²) in [7, 11) is 0.